The van der Waals surface area contributed by atoms with Crippen molar-refractivity contribution in [1.29, 1.82) is 0 Å². The molecule has 0 fully saturated rings. The van der Waals surface area contributed by atoms with E-state index in [-0.39, 0.29) is 22.8 Å². The summed E-state index contributed by atoms with van der Waals surface area (Å²) in [6, 6.07) is 6.17. The summed E-state index contributed by atoms with van der Waals surface area (Å²) in [5.74, 6) is 0. The molecule has 0 aliphatic heterocycles. The van der Waals surface area contributed by atoms with Crippen LogP contribution in [0, 0.1) is 0 Å². The predicted molar refractivity (Wildman–Crippen MR) is 78.3 cm³/mol. The van der Waals surface area contributed by atoms with Gasteiger partial charge in [-0.1, -0.05) is 22.0 Å². The maximum atomic E-state index is 12.1. The van der Waals surface area contributed by atoms with Crippen LogP contribution in [0.25, 0.3) is 0 Å². The zero-order chi connectivity index (χ0) is 13.8. The molecule has 18 heavy (non-hydrogen) atoms. The molecule has 2 unspecified atom stereocenters. The molecule has 0 aliphatic rings. The lowest BCUT2D eigenvalue weighted by Crippen LogP contribution is -2.41. The van der Waals surface area contributed by atoms with Crippen LogP contribution in [0.5, 0.6) is 0 Å². The smallest absolute Gasteiger partial charge is 0.240 e. The summed E-state index contributed by atoms with van der Waals surface area (Å²) in [6.45, 7) is 1.68. The van der Waals surface area contributed by atoms with E-state index < -0.39 is 10.0 Å². The van der Waals surface area contributed by atoms with Gasteiger partial charge in [0.15, 0.2) is 0 Å². The highest BCUT2D eigenvalue weighted by molar-refractivity contribution is 9.10. The van der Waals surface area contributed by atoms with Crippen molar-refractivity contribution in [2.75, 3.05) is 12.9 Å². The lowest BCUT2D eigenvalue weighted by molar-refractivity contribution is 0.282. The number of nitrogens with one attached hydrogen (secondary N) is 1. The Bertz CT molecular complexity index is 489. The number of rotatable bonds is 6. The highest BCUT2D eigenvalue weighted by atomic mass is 79.9. The van der Waals surface area contributed by atoms with E-state index in [4.69, 9.17) is 5.11 Å². The summed E-state index contributed by atoms with van der Waals surface area (Å²) in [5, 5.41) is 8.98. The summed E-state index contributed by atoms with van der Waals surface area (Å²) < 4.78 is 27.5. The molecule has 1 aromatic rings. The van der Waals surface area contributed by atoms with Gasteiger partial charge in [-0.3, -0.25) is 0 Å². The second kappa shape index (κ2) is 6.91. The lowest BCUT2D eigenvalue weighted by Gasteiger charge is -2.21. The topological polar surface area (TPSA) is 66.4 Å². The Kier molecular flexibility index (Phi) is 6.13. The van der Waals surface area contributed by atoms with Crippen LogP contribution in [0.2, 0.25) is 0 Å². The van der Waals surface area contributed by atoms with Gasteiger partial charge in [-0.2, -0.15) is 11.8 Å². The van der Waals surface area contributed by atoms with Crippen LogP contribution in [0.4, 0.5) is 0 Å². The second-order valence-corrected chi connectivity index (χ2v) is 7.53. The highest BCUT2D eigenvalue weighted by Crippen LogP contribution is 2.18. The number of sulfonamides is 1. The fourth-order valence-corrected chi connectivity index (χ4v) is 4.05. The van der Waals surface area contributed by atoms with E-state index in [9.17, 15) is 8.42 Å². The molecule has 0 aliphatic carbocycles. The summed E-state index contributed by atoms with van der Waals surface area (Å²) in [5.41, 5.74) is 0. The number of aliphatic hydroxyl groups excluding tert-OH is 1. The molecule has 0 heterocycles. The van der Waals surface area contributed by atoms with E-state index in [2.05, 4.69) is 20.7 Å². The molecule has 2 N–H and O–H groups in total. The third kappa shape index (κ3) is 4.24. The largest absolute Gasteiger partial charge is 0.395 e. The zero-order valence-electron chi connectivity index (χ0n) is 10.1. The molecule has 0 radical (unpaired) electrons. The monoisotopic (exact) mass is 353 g/mol. The minimum atomic E-state index is -3.55. The van der Waals surface area contributed by atoms with Crippen LogP contribution in [0.1, 0.15) is 6.92 Å². The minimum Gasteiger partial charge on any atom is -0.395 e. The maximum absolute atomic E-state index is 12.1. The van der Waals surface area contributed by atoms with Crippen molar-refractivity contribution in [1.82, 2.24) is 4.72 Å². The van der Waals surface area contributed by atoms with Crippen molar-refractivity contribution >= 4 is 37.7 Å². The molecule has 1 aromatic carbocycles. The number of benzene rings is 1. The SMILES string of the molecule is CSC(CO)C(C)NS(=O)(=O)c1cccc(Br)c1. The molecule has 0 spiro atoms. The van der Waals surface area contributed by atoms with Crippen LogP contribution < -0.4 is 4.72 Å². The van der Waals surface area contributed by atoms with Crippen molar-refractivity contribution in [3.63, 3.8) is 0 Å². The average molecular weight is 354 g/mol. The summed E-state index contributed by atoms with van der Waals surface area (Å²) >= 11 is 4.67. The number of halogens is 1. The first-order chi connectivity index (χ1) is 8.40. The van der Waals surface area contributed by atoms with Crippen molar-refractivity contribution in [3.05, 3.63) is 28.7 Å². The number of aliphatic hydroxyl groups is 1. The van der Waals surface area contributed by atoms with Gasteiger partial charge in [0.05, 0.1) is 11.5 Å². The normalized spacial score (nSPS) is 15.3. The second-order valence-electron chi connectivity index (χ2n) is 3.82. The quantitative estimate of drug-likeness (QED) is 0.818. The number of hydrogen-bond acceptors (Lipinski definition) is 4. The molecule has 1 rings (SSSR count). The first-order valence-electron chi connectivity index (χ1n) is 5.32. The van der Waals surface area contributed by atoms with E-state index in [1.54, 1.807) is 25.1 Å². The van der Waals surface area contributed by atoms with Crippen molar-refractivity contribution < 1.29 is 13.5 Å². The van der Waals surface area contributed by atoms with E-state index in [1.165, 1.54) is 17.8 Å². The fraction of sp³-hybridized carbons (Fsp3) is 0.455. The molecular weight excluding hydrogens is 338 g/mol. The van der Waals surface area contributed by atoms with Crippen LogP contribution in [0.3, 0.4) is 0 Å². The van der Waals surface area contributed by atoms with Crippen molar-refractivity contribution in [2.24, 2.45) is 0 Å². The summed E-state index contributed by atoms with van der Waals surface area (Å²) in [6.07, 6.45) is 1.84. The van der Waals surface area contributed by atoms with E-state index in [0.29, 0.717) is 4.47 Å². The summed E-state index contributed by atoms with van der Waals surface area (Å²) in [7, 11) is -3.55. The Balaban J connectivity index is 2.89. The van der Waals surface area contributed by atoms with Gasteiger partial charge in [-0.05, 0) is 31.4 Å². The van der Waals surface area contributed by atoms with Gasteiger partial charge >= 0.3 is 0 Å². The van der Waals surface area contributed by atoms with E-state index >= 15 is 0 Å². The summed E-state index contributed by atoms with van der Waals surface area (Å²) in [4.78, 5) is 0.210. The molecule has 7 heteroatoms. The number of hydrogen-bond donors (Lipinski definition) is 2. The number of thioether (sulfide) groups is 1. The molecule has 0 saturated heterocycles. The van der Waals surface area contributed by atoms with Gasteiger partial charge in [0.1, 0.15) is 0 Å². The zero-order valence-corrected chi connectivity index (χ0v) is 13.3. The molecule has 4 nitrogen and oxygen atoms in total. The Morgan fingerprint density at radius 1 is 1.50 bits per heavy atom. The van der Waals surface area contributed by atoms with Gasteiger partial charge in [0.25, 0.3) is 0 Å². The molecule has 0 bridgehead atoms. The third-order valence-electron chi connectivity index (χ3n) is 2.49. The maximum Gasteiger partial charge on any atom is 0.240 e. The Labute approximate surface area is 120 Å². The first kappa shape index (κ1) is 16.0. The molecule has 0 aromatic heterocycles. The third-order valence-corrected chi connectivity index (χ3v) is 5.70. The molecule has 2 atom stereocenters. The van der Waals surface area contributed by atoms with Crippen LogP contribution >= 0.6 is 27.7 Å². The Morgan fingerprint density at radius 2 is 2.17 bits per heavy atom. The van der Waals surface area contributed by atoms with Crippen molar-refractivity contribution in [3.8, 4) is 0 Å². The standard InChI is InChI=1S/C11H16BrNO3S2/c1-8(11(7-14)17-2)13-18(15,16)10-5-3-4-9(12)6-10/h3-6,8,11,13-14H,7H2,1-2H3. The lowest BCUT2D eigenvalue weighted by atomic mass is 10.3. The van der Waals surface area contributed by atoms with Crippen LogP contribution in [-0.2, 0) is 10.0 Å². The van der Waals surface area contributed by atoms with Gasteiger partial charge in [-0.25, -0.2) is 13.1 Å². The first-order valence-corrected chi connectivity index (χ1v) is 8.88. The van der Waals surface area contributed by atoms with E-state index in [0.717, 1.165) is 0 Å². The molecule has 102 valence electrons. The highest BCUT2D eigenvalue weighted by Gasteiger charge is 2.22. The Hall–Kier alpha value is -0.0800. The van der Waals surface area contributed by atoms with Crippen LogP contribution in [0.15, 0.2) is 33.6 Å². The van der Waals surface area contributed by atoms with Crippen LogP contribution in [-0.4, -0.2) is 37.7 Å². The van der Waals surface area contributed by atoms with Gasteiger partial charge < -0.3 is 5.11 Å². The fourth-order valence-electron chi connectivity index (χ4n) is 1.46. The van der Waals surface area contributed by atoms with Crippen molar-refractivity contribution in [2.45, 2.75) is 23.1 Å². The molecular formula is C11H16BrNO3S2. The predicted octanol–water partition coefficient (Wildman–Crippen LogP) is 1.84. The van der Waals surface area contributed by atoms with Gasteiger partial charge in [-0.15, -0.1) is 0 Å². The van der Waals surface area contributed by atoms with E-state index in [1.807, 2.05) is 6.26 Å². The Morgan fingerprint density at radius 3 is 2.67 bits per heavy atom. The minimum absolute atomic E-state index is 0.0661. The van der Waals surface area contributed by atoms with Gasteiger partial charge in [0.2, 0.25) is 10.0 Å². The van der Waals surface area contributed by atoms with Gasteiger partial charge in [0, 0.05) is 15.8 Å². The molecule has 0 amide bonds. The molecule has 0 saturated carbocycles. The average Bonchev–Trinajstić information content (AvgIpc) is 2.30.